The SMILES string of the molecule is COc1cccc(CNC(=O)C(=O)NCC(OCCO)c2ccc(C)cc2)c1. The molecule has 0 aliphatic carbocycles. The molecular weight excluding hydrogens is 360 g/mol. The van der Waals surface area contributed by atoms with Crippen LogP contribution in [-0.2, 0) is 20.9 Å². The standard InChI is InChI=1S/C21H26N2O5/c1-15-6-8-17(9-7-15)19(28-11-10-24)14-23-21(26)20(25)22-13-16-4-3-5-18(12-16)27-2/h3-9,12,19,24H,10-11,13-14H2,1-2H3,(H,22,25)(H,23,26). The Kier molecular flexibility index (Phi) is 8.45. The molecule has 2 aromatic rings. The monoisotopic (exact) mass is 386 g/mol. The number of hydrogen-bond acceptors (Lipinski definition) is 5. The van der Waals surface area contributed by atoms with Crippen LogP contribution in [0.15, 0.2) is 48.5 Å². The summed E-state index contributed by atoms with van der Waals surface area (Å²) < 4.78 is 10.7. The third kappa shape index (κ3) is 6.68. The average molecular weight is 386 g/mol. The van der Waals surface area contributed by atoms with E-state index < -0.39 is 17.9 Å². The molecule has 0 aromatic heterocycles. The summed E-state index contributed by atoms with van der Waals surface area (Å²) in [6, 6.07) is 14.9. The van der Waals surface area contributed by atoms with Gasteiger partial charge in [-0.15, -0.1) is 0 Å². The number of aryl methyl sites for hydroxylation is 1. The molecule has 0 spiro atoms. The fourth-order valence-corrected chi connectivity index (χ4v) is 2.56. The lowest BCUT2D eigenvalue weighted by atomic mass is 10.1. The summed E-state index contributed by atoms with van der Waals surface area (Å²) in [5.74, 6) is -0.793. The van der Waals surface area contributed by atoms with Crippen LogP contribution in [0.4, 0.5) is 0 Å². The number of rotatable bonds is 9. The number of nitrogens with one attached hydrogen (secondary N) is 2. The van der Waals surface area contributed by atoms with Crippen LogP contribution in [0, 0.1) is 6.92 Å². The Balaban J connectivity index is 1.88. The van der Waals surface area contributed by atoms with Gasteiger partial charge in [0.1, 0.15) is 5.75 Å². The molecule has 1 atom stereocenters. The van der Waals surface area contributed by atoms with E-state index in [2.05, 4.69) is 10.6 Å². The van der Waals surface area contributed by atoms with Crippen LogP contribution in [0.5, 0.6) is 5.75 Å². The molecule has 0 radical (unpaired) electrons. The minimum absolute atomic E-state index is 0.120. The highest BCUT2D eigenvalue weighted by atomic mass is 16.5. The molecule has 2 amide bonds. The number of ether oxygens (including phenoxy) is 2. The molecule has 0 heterocycles. The molecule has 0 fully saturated rings. The van der Waals surface area contributed by atoms with Crippen molar-refractivity contribution in [2.75, 3.05) is 26.9 Å². The second-order valence-electron chi connectivity index (χ2n) is 6.24. The molecule has 7 heteroatoms. The molecular formula is C21H26N2O5. The lowest BCUT2D eigenvalue weighted by molar-refractivity contribution is -0.139. The van der Waals surface area contributed by atoms with Crippen molar-refractivity contribution in [2.24, 2.45) is 0 Å². The quantitative estimate of drug-likeness (QED) is 0.568. The normalized spacial score (nSPS) is 11.5. The molecule has 7 nitrogen and oxygen atoms in total. The van der Waals surface area contributed by atoms with E-state index >= 15 is 0 Å². The highest BCUT2D eigenvalue weighted by molar-refractivity contribution is 6.35. The van der Waals surface area contributed by atoms with Gasteiger partial charge in [-0.25, -0.2) is 0 Å². The van der Waals surface area contributed by atoms with E-state index in [1.165, 1.54) is 0 Å². The Bertz CT molecular complexity index is 777. The number of benzene rings is 2. The van der Waals surface area contributed by atoms with Crippen LogP contribution in [0.1, 0.15) is 22.8 Å². The Morgan fingerprint density at radius 3 is 2.46 bits per heavy atom. The first kappa shape index (κ1) is 21.4. The van der Waals surface area contributed by atoms with Crippen LogP contribution in [-0.4, -0.2) is 43.8 Å². The number of carbonyl (C=O) groups is 2. The van der Waals surface area contributed by atoms with Gasteiger partial charge in [-0.1, -0.05) is 42.0 Å². The molecule has 0 saturated carbocycles. The maximum absolute atomic E-state index is 12.1. The first-order valence-electron chi connectivity index (χ1n) is 9.01. The van der Waals surface area contributed by atoms with Gasteiger partial charge in [0, 0.05) is 13.1 Å². The fraction of sp³-hybridized carbons (Fsp3) is 0.333. The molecule has 150 valence electrons. The summed E-state index contributed by atoms with van der Waals surface area (Å²) in [4.78, 5) is 24.1. The van der Waals surface area contributed by atoms with Crippen molar-refractivity contribution in [3.63, 3.8) is 0 Å². The zero-order valence-corrected chi connectivity index (χ0v) is 16.1. The highest BCUT2D eigenvalue weighted by Crippen LogP contribution is 2.17. The number of aliphatic hydroxyl groups excluding tert-OH is 1. The van der Waals surface area contributed by atoms with E-state index in [1.54, 1.807) is 19.2 Å². The van der Waals surface area contributed by atoms with Crippen molar-refractivity contribution >= 4 is 11.8 Å². The third-order valence-corrected chi connectivity index (χ3v) is 4.10. The van der Waals surface area contributed by atoms with Gasteiger partial charge in [-0.2, -0.15) is 0 Å². The number of methoxy groups -OCH3 is 1. The van der Waals surface area contributed by atoms with Gasteiger partial charge in [-0.3, -0.25) is 9.59 Å². The van der Waals surface area contributed by atoms with Gasteiger partial charge in [0.05, 0.1) is 26.4 Å². The van der Waals surface area contributed by atoms with Crippen LogP contribution in [0.3, 0.4) is 0 Å². The summed E-state index contributed by atoms with van der Waals surface area (Å²) in [6.45, 7) is 2.32. The predicted octanol–water partition coefficient (Wildman–Crippen LogP) is 1.49. The van der Waals surface area contributed by atoms with Crippen molar-refractivity contribution in [3.05, 3.63) is 65.2 Å². The minimum Gasteiger partial charge on any atom is -0.497 e. The van der Waals surface area contributed by atoms with Gasteiger partial charge in [0.2, 0.25) is 0 Å². The zero-order valence-electron chi connectivity index (χ0n) is 16.1. The summed E-state index contributed by atoms with van der Waals surface area (Å²) in [6.07, 6.45) is -0.456. The highest BCUT2D eigenvalue weighted by Gasteiger charge is 2.17. The van der Waals surface area contributed by atoms with Gasteiger partial charge < -0.3 is 25.2 Å². The maximum atomic E-state index is 12.1. The van der Waals surface area contributed by atoms with Gasteiger partial charge >= 0.3 is 11.8 Å². The van der Waals surface area contributed by atoms with E-state index in [-0.39, 0.29) is 26.3 Å². The lowest BCUT2D eigenvalue weighted by Gasteiger charge is -2.18. The second-order valence-corrected chi connectivity index (χ2v) is 6.24. The van der Waals surface area contributed by atoms with E-state index in [0.717, 1.165) is 16.7 Å². The Labute approximate surface area is 164 Å². The number of amides is 2. The summed E-state index contributed by atoms with van der Waals surface area (Å²) in [5.41, 5.74) is 2.78. The number of carbonyl (C=O) groups excluding carboxylic acids is 2. The molecule has 0 aliphatic rings. The van der Waals surface area contributed by atoms with Crippen molar-refractivity contribution < 1.29 is 24.2 Å². The predicted molar refractivity (Wildman–Crippen MR) is 105 cm³/mol. The van der Waals surface area contributed by atoms with E-state index in [4.69, 9.17) is 14.6 Å². The fourth-order valence-electron chi connectivity index (χ4n) is 2.56. The Hall–Kier alpha value is -2.90. The number of aliphatic hydroxyl groups is 1. The molecule has 2 aromatic carbocycles. The van der Waals surface area contributed by atoms with Gasteiger partial charge in [-0.05, 0) is 30.2 Å². The molecule has 0 aliphatic heterocycles. The molecule has 1 unspecified atom stereocenters. The van der Waals surface area contributed by atoms with Crippen LogP contribution < -0.4 is 15.4 Å². The zero-order chi connectivity index (χ0) is 20.4. The molecule has 0 bridgehead atoms. The Morgan fingerprint density at radius 2 is 1.79 bits per heavy atom. The van der Waals surface area contributed by atoms with Crippen molar-refractivity contribution in [2.45, 2.75) is 19.6 Å². The molecule has 3 N–H and O–H groups in total. The van der Waals surface area contributed by atoms with Crippen molar-refractivity contribution in [3.8, 4) is 5.75 Å². The second kappa shape index (κ2) is 11.1. The summed E-state index contributed by atoms with van der Waals surface area (Å²) >= 11 is 0. The molecule has 0 saturated heterocycles. The maximum Gasteiger partial charge on any atom is 0.309 e. The van der Waals surface area contributed by atoms with Gasteiger partial charge in [0.25, 0.3) is 0 Å². The largest absolute Gasteiger partial charge is 0.497 e. The topological polar surface area (TPSA) is 96.9 Å². The van der Waals surface area contributed by atoms with E-state index in [9.17, 15) is 9.59 Å². The minimum atomic E-state index is -0.743. The van der Waals surface area contributed by atoms with Crippen LogP contribution >= 0.6 is 0 Å². The first-order valence-corrected chi connectivity index (χ1v) is 9.01. The number of hydrogen-bond donors (Lipinski definition) is 3. The van der Waals surface area contributed by atoms with E-state index in [0.29, 0.717) is 5.75 Å². The first-order chi connectivity index (χ1) is 13.5. The molecule has 2 rings (SSSR count). The van der Waals surface area contributed by atoms with E-state index in [1.807, 2.05) is 43.3 Å². The third-order valence-electron chi connectivity index (χ3n) is 4.10. The lowest BCUT2D eigenvalue weighted by Crippen LogP contribution is -2.41. The summed E-state index contributed by atoms with van der Waals surface area (Å²) in [7, 11) is 1.56. The van der Waals surface area contributed by atoms with Crippen LogP contribution in [0.2, 0.25) is 0 Å². The van der Waals surface area contributed by atoms with Crippen molar-refractivity contribution in [1.82, 2.24) is 10.6 Å². The smallest absolute Gasteiger partial charge is 0.309 e. The summed E-state index contributed by atoms with van der Waals surface area (Å²) in [5, 5.41) is 14.2. The van der Waals surface area contributed by atoms with Crippen LogP contribution in [0.25, 0.3) is 0 Å². The Morgan fingerprint density at radius 1 is 1.07 bits per heavy atom. The van der Waals surface area contributed by atoms with Crippen molar-refractivity contribution in [1.29, 1.82) is 0 Å². The van der Waals surface area contributed by atoms with Gasteiger partial charge in [0.15, 0.2) is 0 Å². The average Bonchev–Trinajstić information content (AvgIpc) is 2.72. The molecule has 28 heavy (non-hydrogen) atoms.